The Balaban J connectivity index is 1.53. The molecule has 2 aromatic heterocycles. The van der Waals surface area contributed by atoms with Crippen LogP contribution in [0.5, 0.6) is 0 Å². The molecule has 1 aliphatic rings. The van der Waals surface area contributed by atoms with Crippen molar-refractivity contribution in [2.75, 3.05) is 37.3 Å². The molecule has 0 radical (unpaired) electrons. The minimum absolute atomic E-state index is 0.140. The van der Waals surface area contributed by atoms with Crippen LogP contribution in [0.15, 0.2) is 54.7 Å². The lowest BCUT2D eigenvalue weighted by Crippen LogP contribution is -2.38. The van der Waals surface area contributed by atoms with Gasteiger partial charge in [0.1, 0.15) is 0 Å². The number of nitrogens with zero attached hydrogens (tertiary/aromatic N) is 4. The number of hydrogen-bond donors (Lipinski definition) is 1. The molecular weight excluding hydrogens is 426 g/mol. The van der Waals surface area contributed by atoms with Crippen molar-refractivity contribution in [3.63, 3.8) is 0 Å². The number of aromatic nitrogens is 3. The van der Waals surface area contributed by atoms with Crippen LogP contribution in [0.3, 0.4) is 0 Å². The Kier molecular flexibility index (Phi) is 6.38. The average Bonchev–Trinajstić information content (AvgIpc) is 3.42. The quantitative estimate of drug-likeness (QED) is 0.552. The summed E-state index contributed by atoms with van der Waals surface area (Å²) in [5.41, 5.74) is 2.95. The highest BCUT2D eigenvalue weighted by Crippen LogP contribution is 2.22. The summed E-state index contributed by atoms with van der Waals surface area (Å²) in [5, 5.41) is 7.72. The number of hydrogen-bond acceptors (Lipinski definition) is 6. The summed E-state index contributed by atoms with van der Waals surface area (Å²) in [6.45, 7) is 4.18. The van der Waals surface area contributed by atoms with Gasteiger partial charge >= 0.3 is 0 Å². The summed E-state index contributed by atoms with van der Waals surface area (Å²) < 4.78 is 23.7. The van der Waals surface area contributed by atoms with Crippen molar-refractivity contribution in [2.45, 2.75) is 18.6 Å². The molecular formula is C23H27N5O3S. The maximum absolute atomic E-state index is 13.3. The van der Waals surface area contributed by atoms with Gasteiger partial charge in [-0.25, -0.2) is 13.4 Å². The van der Waals surface area contributed by atoms with Crippen molar-refractivity contribution in [3.05, 3.63) is 60.4 Å². The lowest BCUT2D eigenvalue weighted by Gasteiger charge is -2.25. The number of nitrogens with one attached hydrogen (secondary N) is 1. The molecule has 1 aliphatic heterocycles. The highest BCUT2D eigenvalue weighted by atomic mass is 32.2. The number of pyridine rings is 1. The second-order valence-electron chi connectivity index (χ2n) is 8.17. The zero-order chi connectivity index (χ0) is 22.7. The van der Waals surface area contributed by atoms with E-state index in [-0.39, 0.29) is 11.2 Å². The van der Waals surface area contributed by atoms with Crippen LogP contribution in [0, 0.1) is 0 Å². The maximum atomic E-state index is 13.3. The van der Waals surface area contributed by atoms with Gasteiger partial charge in [-0.05, 0) is 49.7 Å². The van der Waals surface area contributed by atoms with E-state index in [1.165, 1.54) is 6.26 Å². The average molecular weight is 454 g/mol. The van der Waals surface area contributed by atoms with Crippen molar-refractivity contribution in [3.8, 4) is 0 Å². The molecule has 1 fully saturated rings. The number of rotatable bonds is 7. The number of H-pyrrole nitrogens is 1. The molecule has 1 N–H and O–H groups in total. The van der Waals surface area contributed by atoms with Gasteiger partial charge in [0, 0.05) is 49.2 Å². The number of fused-ring (bicyclic) bond motifs is 1. The van der Waals surface area contributed by atoms with Gasteiger partial charge in [0.05, 0.1) is 10.9 Å². The second-order valence-corrected chi connectivity index (χ2v) is 10.5. The standard InChI is InChI=1S/C23H27N5O3S/c1-17(22-20-9-6-11-24-23(20)26-25-22)15-21(29)28(18-7-4-3-5-8-18)14-13-27-12-10-19(16-27)32(2,30)31/h3-9,11,15,19H,10,12-14,16H2,1-2H3,(H,24,25,26)/b17-15+. The molecule has 0 aliphatic carbocycles. The summed E-state index contributed by atoms with van der Waals surface area (Å²) in [5.74, 6) is -0.140. The number of carbonyl (C=O) groups excluding carboxylic acids is 1. The summed E-state index contributed by atoms with van der Waals surface area (Å²) in [7, 11) is -3.05. The van der Waals surface area contributed by atoms with E-state index in [1.807, 2.05) is 49.4 Å². The van der Waals surface area contributed by atoms with Crippen molar-refractivity contribution in [2.24, 2.45) is 0 Å². The Bertz CT molecular complexity index is 1240. The molecule has 32 heavy (non-hydrogen) atoms. The molecule has 1 atom stereocenters. The van der Waals surface area contributed by atoms with Crippen LogP contribution in [-0.4, -0.2) is 72.1 Å². The first-order chi connectivity index (χ1) is 15.3. The molecule has 1 aromatic carbocycles. The monoisotopic (exact) mass is 453 g/mol. The zero-order valence-electron chi connectivity index (χ0n) is 18.2. The Hall–Kier alpha value is -3.04. The third-order valence-corrected chi connectivity index (χ3v) is 7.47. The minimum Gasteiger partial charge on any atom is -0.308 e. The third-order valence-electron chi connectivity index (χ3n) is 5.87. The number of allylic oxidation sites excluding steroid dienone is 1. The number of carbonyl (C=O) groups is 1. The molecule has 168 valence electrons. The molecule has 9 heteroatoms. The van der Waals surface area contributed by atoms with E-state index < -0.39 is 9.84 Å². The van der Waals surface area contributed by atoms with E-state index in [4.69, 9.17) is 0 Å². The predicted octanol–water partition coefficient (Wildman–Crippen LogP) is 2.51. The molecule has 8 nitrogen and oxygen atoms in total. The summed E-state index contributed by atoms with van der Waals surface area (Å²) in [6.07, 6.45) is 5.22. The summed E-state index contributed by atoms with van der Waals surface area (Å²) in [6, 6.07) is 13.3. The van der Waals surface area contributed by atoms with Gasteiger partial charge in [0.25, 0.3) is 5.91 Å². The number of aromatic amines is 1. The highest BCUT2D eigenvalue weighted by Gasteiger charge is 2.30. The van der Waals surface area contributed by atoms with Crippen LogP contribution in [0.1, 0.15) is 19.0 Å². The van der Waals surface area contributed by atoms with Crippen LogP contribution in [0.4, 0.5) is 5.69 Å². The van der Waals surface area contributed by atoms with Crippen molar-refractivity contribution < 1.29 is 13.2 Å². The van der Waals surface area contributed by atoms with Gasteiger partial charge < -0.3 is 9.80 Å². The van der Waals surface area contributed by atoms with Gasteiger partial charge in [-0.1, -0.05) is 18.2 Å². The lowest BCUT2D eigenvalue weighted by atomic mass is 10.1. The predicted molar refractivity (Wildman–Crippen MR) is 126 cm³/mol. The number of anilines is 1. The number of para-hydroxylation sites is 1. The van der Waals surface area contributed by atoms with Crippen molar-refractivity contribution in [1.82, 2.24) is 20.1 Å². The van der Waals surface area contributed by atoms with Gasteiger partial charge in [0.15, 0.2) is 15.5 Å². The molecule has 1 saturated heterocycles. The maximum Gasteiger partial charge on any atom is 0.251 e. The molecule has 3 aromatic rings. The molecule has 1 unspecified atom stereocenters. The smallest absolute Gasteiger partial charge is 0.251 e. The Morgan fingerprint density at radius 1 is 1.25 bits per heavy atom. The number of benzene rings is 1. The topological polar surface area (TPSA) is 99.3 Å². The van der Waals surface area contributed by atoms with Gasteiger partial charge in [-0.2, -0.15) is 5.10 Å². The first-order valence-electron chi connectivity index (χ1n) is 10.6. The number of amides is 1. The van der Waals surface area contributed by atoms with Crippen LogP contribution >= 0.6 is 0 Å². The van der Waals surface area contributed by atoms with Crippen LogP contribution in [0.2, 0.25) is 0 Å². The fraction of sp³-hybridized carbons (Fsp3) is 0.348. The molecule has 4 rings (SSSR count). The fourth-order valence-corrected chi connectivity index (χ4v) is 5.07. The van der Waals surface area contributed by atoms with Gasteiger partial charge in [-0.3, -0.25) is 9.89 Å². The second kappa shape index (κ2) is 9.22. The minimum atomic E-state index is -3.05. The first kappa shape index (κ1) is 22.2. The van der Waals surface area contributed by atoms with Crippen LogP contribution < -0.4 is 4.90 Å². The van der Waals surface area contributed by atoms with Crippen LogP contribution in [0.25, 0.3) is 16.6 Å². The number of likely N-dealkylation sites (tertiary alicyclic amines) is 1. The fourth-order valence-electron chi connectivity index (χ4n) is 4.05. The van der Waals surface area contributed by atoms with E-state index in [9.17, 15) is 13.2 Å². The number of sulfone groups is 1. The van der Waals surface area contributed by atoms with Crippen LogP contribution in [-0.2, 0) is 14.6 Å². The summed E-state index contributed by atoms with van der Waals surface area (Å²) >= 11 is 0. The lowest BCUT2D eigenvalue weighted by molar-refractivity contribution is -0.114. The van der Waals surface area contributed by atoms with E-state index in [0.717, 1.165) is 28.9 Å². The molecule has 0 spiro atoms. The molecule has 3 heterocycles. The Labute approximate surface area is 187 Å². The van der Waals surface area contributed by atoms with E-state index in [1.54, 1.807) is 17.2 Å². The first-order valence-corrected chi connectivity index (χ1v) is 12.5. The normalized spacial score (nSPS) is 17.7. The SMILES string of the molecule is C/C(=C\C(=O)N(CCN1CCC(S(C)(=O)=O)C1)c1ccccc1)c1[nH]nc2ncccc12. The van der Waals surface area contributed by atoms with Crippen molar-refractivity contribution in [1.29, 1.82) is 0 Å². The van der Waals surface area contributed by atoms with Gasteiger partial charge in [-0.15, -0.1) is 0 Å². The zero-order valence-corrected chi connectivity index (χ0v) is 19.0. The third kappa shape index (κ3) is 4.89. The largest absolute Gasteiger partial charge is 0.308 e. The highest BCUT2D eigenvalue weighted by molar-refractivity contribution is 7.91. The van der Waals surface area contributed by atoms with Gasteiger partial charge in [0.2, 0.25) is 0 Å². The summed E-state index contributed by atoms with van der Waals surface area (Å²) in [4.78, 5) is 21.4. The molecule has 1 amide bonds. The van der Waals surface area contributed by atoms with E-state index in [0.29, 0.717) is 31.7 Å². The van der Waals surface area contributed by atoms with E-state index in [2.05, 4.69) is 20.1 Å². The Morgan fingerprint density at radius 2 is 2.03 bits per heavy atom. The Morgan fingerprint density at radius 3 is 2.75 bits per heavy atom. The van der Waals surface area contributed by atoms with E-state index >= 15 is 0 Å². The molecule has 0 saturated carbocycles. The molecule has 0 bridgehead atoms. The van der Waals surface area contributed by atoms with Crippen molar-refractivity contribution >= 4 is 38.0 Å².